The lowest BCUT2D eigenvalue weighted by Gasteiger charge is -2.09. The highest BCUT2D eigenvalue weighted by Crippen LogP contribution is 2.28. The van der Waals surface area contributed by atoms with Crippen molar-refractivity contribution in [1.29, 1.82) is 0 Å². The first-order chi connectivity index (χ1) is 6.06. The Bertz CT molecular complexity index is 341. The minimum atomic E-state index is -0.605. The predicted octanol–water partition coefficient (Wildman–Crippen LogP) is 2.37. The monoisotopic (exact) mass is 201 g/mol. The van der Waals surface area contributed by atoms with Crippen LogP contribution in [0, 0.1) is 5.82 Å². The van der Waals surface area contributed by atoms with Gasteiger partial charge in [-0.1, -0.05) is 17.7 Å². The smallest absolute Gasteiger partial charge is 0.142 e. The van der Waals surface area contributed by atoms with Gasteiger partial charge in [-0.25, -0.2) is 4.39 Å². The fourth-order valence-corrected chi connectivity index (χ4v) is 1.10. The van der Waals surface area contributed by atoms with E-state index in [0.29, 0.717) is 0 Å². The highest BCUT2D eigenvalue weighted by molar-refractivity contribution is 6.30. The Kier molecular flexibility index (Phi) is 2.90. The summed E-state index contributed by atoms with van der Waals surface area (Å²) in [6.07, 6.45) is 1.41. The highest BCUT2D eigenvalue weighted by Gasteiger charge is 2.11. The van der Waals surface area contributed by atoms with Gasteiger partial charge in [0.05, 0.1) is 11.1 Å². The third-order valence-electron chi connectivity index (χ3n) is 1.68. The van der Waals surface area contributed by atoms with E-state index in [1.807, 2.05) is 0 Å². The largest absolute Gasteiger partial charge is 0.508 e. The number of hydrogen-bond donors (Lipinski definition) is 2. The fraction of sp³-hybridized carbons (Fsp3) is 0.111. The lowest BCUT2D eigenvalue weighted by Crippen LogP contribution is -2.07. The van der Waals surface area contributed by atoms with E-state index >= 15 is 0 Å². The Morgan fingerprint density at radius 3 is 2.77 bits per heavy atom. The molecule has 70 valence electrons. The second-order valence-electron chi connectivity index (χ2n) is 2.59. The van der Waals surface area contributed by atoms with Crippen molar-refractivity contribution >= 4 is 11.6 Å². The molecule has 0 heterocycles. The third-order valence-corrected chi connectivity index (χ3v) is 1.97. The van der Waals surface area contributed by atoms with Crippen molar-refractivity contribution < 1.29 is 9.50 Å². The van der Waals surface area contributed by atoms with E-state index in [4.69, 9.17) is 17.3 Å². The molecule has 13 heavy (non-hydrogen) atoms. The van der Waals surface area contributed by atoms with Gasteiger partial charge in [-0.15, -0.1) is 6.58 Å². The molecular weight excluding hydrogens is 193 g/mol. The summed E-state index contributed by atoms with van der Waals surface area (Å²) in [7, 11) is 0. The lowest BCUT2D eigenvalue weighted by atomic mass is 10.1. The van der Waals surface area contributed by atoms with Gasteiger partial charge in [0.2, 0.25) is 0 Å². The molecule has 0 saturated heterocycles. The van der Waals surface area contributed by atoms with Gasteiger partial charge >= 0.3 is 0 Å². The van der Waals surface area contributed by atoms with E-state index in [0.717, 1.165) is 12.1 Å². The zero-order valence-electron chi connectivity index (χ0n) is 6.80. The summed E-state index contributed by atoms with van der Waals surface area (Å²) in [5, 5.41) is 9.21. The van der Waals surface area contributed by atoms with Crippen molar-refractivity contribution in [1.82, 2.24) is 0 Å². The number of aromatic hydroxyl groups is 1. The molecule has 3 N–H and O–H groups in total. The van der Waals surface area contributed by atoms with Gasteiger partial charge in [0, 0.05) is 11.6 Å². The van der Waals surface area contributed by atoms with Crippen LogP contribution >= 0.6 is 11.6 Å². The standard InChI is InChI=1S/C9H9ClFNO/c1-2-8(12)5-3-7(11)6(10)4-9(5)13/h2-4,8,13H,1,12H2/t8-/m0/s1. The Hall–Kier alpha value is -1.06. The van der Waals surface area contributed by atoms with Crippen LogP contribution < -0.4 is 5.73 Å². The van der Waals surface area contributed by atoms with Gasteiger partial charge in [0.15, 0.2) is 0 Å². The summed E-state index contributed by atoms with van der Waals surface area (Å²) >= 11 is 5.43. The molecule has 0 fully saturated rings. The van der Waals surface area contributed by atoms with Crippen molar-refractivity contribution in [2.45, 2.75) is 6.04 Å². The molecule has 0 aliphatic carbocycles. The van der Waals surface area contributed by atoms with E-state index < -0.39 is 11.9 Å². The molecule has 1 aromatic rings. The Morgan fingerprint density at radius 2 is 2.23 bits per heavy atom. The third kappa shape index (κ3) is 1.99. The Balaban J connectivity index is 3.22. The van der Waals surface area contributed by atoms with Gasteiger partial charge < -0.3 is 10.8 Å². The molecular formula is C9H9ClFNO. The first-order valence-electron chi connectivity index (χ1n) is 3.62. The van der Waals surface area contributed by atoms with E-state index in [2.05, 4.69) is 6.58 Å². The summed E-state index contributed by atoms with van der Waals surface area (Å²) in [5.41, 5.74) is 5.80. The maximum absolute atomic E-state index is 12.9. The molecule has 0 bridgehead atoms. The number of halogens is 2. The molecule has 0 aromatic heterocycles. The second-order valence-corrected chi connectivity index (χ2v) is 2.99. The van der Waals surface area contributed by atoms with Crippen LogP contribution in [0.4, 0.5) is 4.39 Å². The summed E-state index contributed by atoms with van der Waals surface area (Å²) < 4.78 is 12.9. The first-order valence-corrected chi connectivity index (χ1v) is 4.00. The summed E-state index contributed by atoms with van der Waals surface area (Å²) in [5.74, 6) is -0.731. The van der Waals surface area contributed by atoms with Crippen LogP contribution in [0.1, 0.15) is 11.6 Å². The van der Waals surface area contributed by atoms with E-state index in [9.17, 15) is 9.50 Å². The zero-order valence-corrected chi connectivity index (χ0v) is 7.55. The number of phenolic OH excluding ortho intramolecular Hbond substituents is 1. The van der Waals surface area contributed by atoms with Crippen molar-refractivity contribution in [3.8, 4) is 5.75 Å². The molecule has 0 saturated carbocycles. The Morgan fingerprint density at radius 1 is 1.62 bits per heavy atom. The molecule has 0 spiro atoms. The van der Waals surface area contributed by atoms with Crippen LogP contribution in [0.3, 0.4) is 0 Å². The maximum atomic E-state index is 12.9. The normalized spacial score (nSPS) is 12.5. The molecule has 1 rings (SSSR count). The van der Waals surface area contributed by atoms with Gasteiger partial charge in [0.25, 0.3) is 0 Å². The van der Waals surface area contributed by atoms with Gasteiger partial charge in [0.1, 0.15) is 11.6 Å². The van der Waals surface area contributed by atoms with Crippen LogP contribution in [-0.2, 0) is 0 Å². The van der Waals surface area contributed by atoms with Crippen molar-refractivity contribution in [2.24, 2.45) is 5.73 Å². The summed E-state index contributed by atoms with van der Waals surface area (Å²) in [6, 6.07) is 1.63. The quantitative estimate of drug-likeness (QED) is 0.722. The number of phenols is 1. The van der Waals surface area contributed by atoms with Crippen LogP contribution in [0.5, 0.6) is 5.75 Å². The zero-order chi connectivity index (χ0) is 10.0. The molecule has 1 aromatic carbocycles. The average Bonchev–Trinajstić information content (AvgIpc) is 2.10. The van der Waals surface area contributed by atoms with E-state index in [1.165, 1.54) is 6.08 Å². The van der Waals surface area contributed by atoms with Crippen LogP contribution in [0.2, 0.25) is 5.02 Å². The van der Waals surface area contributed by atoms with Crippen LogP contribution in [0.25, 0.3) is 0 Å². The molecule has 0 aliphatic rings. The molecule has 4 heteroatoms. The Labute approximate surface area is 80.4 Å². The highest BCUT2D eigenvalue weighted by atomic mass is 35.5. The van der Waals surface area contributed by atoms with E-state index in [1.54, 1.807) is 0 Å². The van der Waals surface area contributed by atoms with Crippen LogP contribution in [0.15, 0.2) is 24.8 Å². The predicted molar refractivity (Wildman–Crippen MR) is 50.2 cm³/mol. The van der Waals surface area contributed by atoms with Crippen molar-refractivity contribution in [3.05, 3.63) is 41.2 Å². The van der Waals surface area contributed by atoms with Crippen LogP contribution in [-0.4, -0.2) is 5.11 Å². The minimum absolute atomic E-state index is 0.126. The summed E-state index contributed by atoms with van der Waals surface area (Å²) in [4.78, 5) is 0. The SMILES string of the molecule is C=C[C@H](N)c1cc(F)c(Cl)cc1O. The molecule has 0 radical (unpaired) electrons. The molecule has 0 unspecified atom stereocenters. The van der Waals surface area contributed by atoms with E-state index in [-0.39, 0.29) is 16.3 Å². The number of rotatable bonds is 2. The fourth-order valence-electron chi connectivity index (χ4n) is 0.946. The topological polar surface area (TPSA) is 46.2 Å². The number of nitrogens with two attached hydrogens (primary N) is 1. The first kappa shape index (κ1) is 10.0. The van der Waals surface area contributed by atoms with Gasteiger partial charge in [-0.05, 0) is 6.07 Å². The minimum Gasteiger partial charge on any atom is -0.508 e. The lowest BCUT2D eigenvalue weighted by molar-refractivity contribution is 0.463. The number of hydrogen-bond acceptors (Lipinski definition) is 2. The molecule has 1 atom stereocenters. The average molecular weight is 202 g/mol. The summed E-state index contributed by atoms with van der Waals surface area (Å²) in [6.45, 7) is 3.44. The number of benzene rings is 1. The van der Waals surface area contributed by atoms with Crippen molar-refractivity contribution in [3.63, 3.8) is 0 Å². The van der Waals surface area contributed by atoms with Crippen molar-refractivity contribution in [2.75, 3.05) is 0 Å². The molecule has 0 aliphatic heterocycles. The molecule has 2 nitrogen and oxygen atoms in total. The van der Waals surface area contributed by atoms with Gasteiger partial charge in [-0.2, -0.15) is 0 Å². The second kappa shape index (κ2) is 3.77. The maximum Gasteiger partial charge on any atom is 0.142 e. The van der Waals surface area contributed by atoms with Gasteiger partial charge in [-0.3, -0.25) is 0 Å². The molecule has 0 amide bonds.